The Morgan fingerprint density at radius 3 is 3.14 bits per heavy atom. The third-order valence-corrected chi connectivity index (χ3v) is 3.49. The molecule has 0 fully saturated rings. The Hall–Kier alpha value is -2.56. The maximum atomic E-state index is 12.2. The topological polar surface area (TPSA) is 62.7 Å². The Morgan fingerprint density at radius 2 is 2.33 bits per heavy atom. The van der Waals surface area contributed by atoms with Crippen molar-refractivity contribution in [2.45, 2.75) is 13.5 Å². The Morgan fingerprint density at radius 1 is 1.43 bits per heavy atom. The molecular weight excluding hydrogens is 264 g/mol. The highest BCUT2D eigenvalue weighted by atomic mass is 16.1. The average Bonchev–Trinajstić information content (AvgIpc) is 3.14. The van der Waals surface area contributed by atoms with Crippen LogP contribution in [0.1, 0.15) is 17.3 Å². The van der Waals surface area contributed by atoms with Crippen LogP contribution in [0.25, 0.3) is 10.9 Å². The van der Waals surface area contributed by atoms with Crippen LogP contribution < -0.4 is 5.32 Å². The van der Waals surface area contributed by atoms with Gasteiger partial charge in [-0.15, -0.1) is 0 Å². The van der Waals surface area contributed by atoms with Gasteiger partial charge >= 0.3 is 0 Å². The molecule has 0 aliphatic rings. The molecule has 0 aliphatic carbocycles. The molecule has 2 aromatic heterocycles. The minimum Gasteiger partial charge on any atom is -0.361 e. The minimum atomic E-state index is -0.0428. The van der Waals surface area contributed by atoms with Crippen molar-refractivity contribution < 1.29 is 4.79 Å². The lowest BCUT2D eigenvalue weighted by Gasteiger charge is -2.12. The standard InChI is InChI=1S/C16H18N4O/c1-12(11-20-8-2-6-19-20)10-18-16(21)14-4-3-13-5-7-17-15(13)9-14/h2-9,12,17H,10-11H2,1H3,(H,18,21)/t12-/m0/s1. The summed E-state index contributed by atoms with van der Waals surface area (Å²) in [5, 5.41) is 8.25. The van der Waals surface area contributed by atoms with E-state index in [1.807, 2.05) is 47.4 Å². The van der Waals surface area contributed by atoms with Crippen molar-refractivity contribution in [3.63, 3.8) is 0 Å². The van der Waals surface area contributed by atoms with Crippen molar-refractivity contribution in [2.24, 2.45) is 5.92 Å². The van der Waals surface area contributed by atoms with Crippen LogP contribution in [0.15, 0.2) is 48.9 Å². The Kier molecular flexibility index (Phi) is 3.73. The van der Waals surface area contributed by atoms with Crippen molar-refractivity contribution in [3.05, 3.63) is 54.5 Å². The number of carbonyl (C=O) groups excluding carboxylic acids is 1. The molecule has 1 aromatic carbocycles. The molecule has 2 heterocycles. The minimum absolute atomic E-state index is 0.0428. The van der Waals surface area contributed by atoms with E-state index in [0.29, 0.717) is 18.0 Å². The van der Waals surface area contributed by atoms with Crippen molar-refractivity contribution in [3.8, 4) is 0 Å². The van der Waals surface area contributed by atoms with Crippen LogP contribution in [0.5, 0.6) is 0 Å². The number of aromatic amines is 1. The number of fused-ring (bicyclic) bond motifs is 1. The van der Waals surface area contributed by atoms with E-state index in [1.54, 1.807) is 6.20 Å². The van der Waals surface area contributed by atoms with Gasteiger partial charge in [-0.3, -0.25) is 9.48 Å². The van der Waals surface area contributed by atoms with Crippen LogP contribution in [0, 0.1) is 5.92 Å². The fourth-order valence-corrected chi connectivity index (χ4v) is 2.35. The fraction of sp³-hybridized carbons (Fsp3) is 0.250. The number of nitrogens with zero attached hydrogens (tertiary/aromatic N) is 2. The molecule has 0 bridgehead atoms. The van der Waals surface area contributed by atoms with Gasteiger partial charge in [0, 0.05) is 42.8 Å². The molecule has 3 rings (SSSR count). The molecule has 0 aliphatic heterocycles. The van der Waals surface area contributed by atoms with E-state index in [0.717, 1.165) is 17.4 Å². The number of hydrogen-bond donors (Lipinski definition) is 2. The zero-order valence-electron chi connectivity index (χ0n) is 11.9. The first-order valence-electron chi connectivity index (χ1n) is 7.05. The van der Waals surface area contributed by atoms with Gasteiger partial charge in [-0.25, -0.2) is 0 Å². The number of amides is 1. The van der Waals surface area contributed by atoms with Crippen LogP contribution in [0.4, 0.5) is 0 Å². The fourth-order valence-electron chi connectivity index (χ4n) is 2.35. The van der Waals surface area contributed by atoms with Crippen molar-refractivity contribution in [1.82, 2.24) is 20.1 Å². The monoisotopic (exact) mass is 282 g/mol. The number of carbonyl (C=O) groups is 1. The van der Waals surface area contributed by atoms with Crippen LogP contribution in [-0.4, -0.2) is 27.2 Å². The van der Waals surface area contributed by atoms with Crippen molar-refractivity contribution in [2.75, 3.05) is 6.54 Å². The van der Waals surface area contributed by atoms with E-state index in [-0.39, 0.29) is 5.91 Å². The molecule has 5 nitrogen and oxygen atoms in total. The summed E-state index contributed by atoms with van der Waals surface area (Å²) in [6.45, 7) is 3.51. The predicted octanol–water partition coefficient (Wildman–Crippen LogP) is 2.43. The van der Waals surface area contributed by atoms with Crippen LogP contribution in [0.3, 0.4) is 0 Å². The second kappa shape index (κ2) is 5.83. The van der Waals surface area contributed by atoms with Crippen LogP contribution in [0.2, 0.25) is 0 Å². The molecule has 0 unspecified atom stereocenters. The highest BCUT2D eigenvalue weighted by Gasteiger charge is 2.09. The summed E-state index contributed by atoms with van der Waals surface area (Å²) < 4.78 is 1.88. The molecule has 0 saturated carbocycles. The first kappa shape index (κ1) is 13.4. The molecular formula is C16H18N4O. The normalized spacial score (nSPS) is 12.4. The lowest BCUT2D eigenvalue weighted by Crippen LogP contribution is -2.30. The maximum Gasteiger partial charge on any atom is 0.251 e. The Balaban J connectivity index is 1.58. The first-order valence-corrected chi connectivity index (χ1v) is 7.05. The quantitative estimate of drug-likeness (QED) is 0.755. The molecule has 0 radical (unpaired) electrons. The zero-order valence-corrected chi connectivity index (χ0v) is 11.9. The highest BCUT2D eigenvalue weighted by Crippen LogP contribution is 2.14. The van der Waals surface area contributed by atoms with E-state index in [4.69, 9.17) is 0 Å². The summed E-state index contributed by atoms with van der Waals surface area (Å²) in [5.74, 6) is 0.280. The van der Waals surface area contributed by atoms with Gasteiger partial charge in [0.25, 0.3) is 5.91 Å². The zero-order chi connectivity index (χ0) is 14.7. The van der Waals surface area contributed by atoms with E-state index in [2.05, 4.69) is 22.3 Å². The van der Waals surface area contributed by atoms with Crippen LogP contribution >= 0.6 is 0 Å². The SMILES string of the molecule is C[C@@H](CNC(=O)c1ccc2cc[nH]c2c1)Cn1cccn1. The van der Waals surface area contributed by atoms with E-state index in [9.17, 15) is 4.79 Å². The molecule has 1 atom stereocenters. The van der Waals surface area contributed by atoms with Gasteiger partial charge in [-0.2, -0.15) is 5.10 Å². The second-order valence-electron chi connectivity index (χ2n) is 5.32. The van der Waals surface area contributed by atoms with Gasteiger partial charge in [-0.05, 0) is 35.6 Å². The summed E-state index contributed by atoms with van der Waals surface area (Å²) >= 11 is 0. The number of H-pyrrole nitrogens is 1. The second-order valence-corrected chi connectivity index (χ2v) is 5.32. The number of hydrogen-bond acceptors (Lipinski definition) is 2. The van der Waals surface area contributed by atoms with Gasteiger partial charge in [-0.1, -0.05) is 13.0 Å². The summed E-state index contributed by atoms with van der Waals surface area (Å²) in [7, 11) is 0. The van der Waals surface area contributed by atoms with Gasteiger partial charge in [0.05, 0.1) is 0 Å². The van der Waals surface area contributed by atoms with Gasteiger partial charge in [0.1, 0.15) is 0 Å². The molecule has 3 aromatic rings. The van der Waals surface area contributed by atoms with Gasteiger partial charge in [0.15, 0.2) is 0 Å². The predicted molar refractivity (Wildman–Crippen MR) is 82.0 cm³/mol. The summed E-state index contributed by atoms with van der Waals surface area (Å²) in [4.78, 5) is 15.3. The third kappa shape index (κ3) is 3.13. The van der Waals surface area contributed by atoms with E-state index in [1.165, 1.54) is 0 Å². The Labute approximate surface area is 123 Å². The molecule has 21 heavy (non-hydrogen) atoms. The average molecular weight is 282 g/mol. The molecule has 1 amide bonds. The Bertz CT molecular complexity index is 730. The van der Waals surface area contributed by atoms with E-state index < -0.39 is 0 Å². The van der Waals surface area contributed by atoms with Crippen molar-refractivity contribution >= 4 is 16.8 Å². The lowest BCUT2D eigenvalue weighted by atomic mass is 10.1. The van der Waals surface area contributed by atoms with Gasteiger partial charge in [0.2, 0.25) is 0 Å². The van der Waals surface area contributed by atoms with Crippen molar-refractivity contribution in [1.29, 1.82) is 0 Å². The molecule has 0 spiro atoms. The smallest absolute Gasteiger partial charge is 0.251 e. The number of nitrogens with one attached hydrogen (secondary N) is 2. The lowest BCUT2D eigenvalue weighted by molar-refractivity contribution is 0.0946. The molecule has 0 saturated heterocycles. The first-order chi connectivity index (χ1) is 10.2. The molecule has 5 heteroatoms. The third-order valence-electron chi connectivity index (χ3n) is 3.49. The largest absolute Gasteiger partial charge is 0.361 e. The van der Waals surface area contributed by atoms with E-state index >= 15 is 0 Å². The number of aromatic nitrogens is 3. The summed E-state index contributed by atoms with van der Waals surface area (Å²) in [6.07, 6.45) is 5.56. The molecule has 2 N–H and O–H groups in total. The van der Waals surface area contributed by atoms with Crippen LogP contribution in [-0.2, 0) is 6.54 Å². The summed E-state index contributed by atoms with van der Waals surface area (Å²) in [6, 6.07) is 9.57. The number of rotatable bonds is 5. The maximum absolute atomic E-state index is 12.2. The van der Waals surface area contributed by atoms with Gasteiger partial charge < -0.3 is 10.3 Å². The summed E-state index contributed by atoms with van der Waals surface area (Å²) in [5.41, 5.74) is 1.66. The number of benzene rings is 1. The highest BCUT2D eigenvalue weighted by molar-refractivity contribution is 5.97. The molecule has 108 valence electrons.